The molecule has 0 amide bonds. The lowest BCUT2D eigenvalue weighted by atomic mass is 9.84. The lowest BCUT2D eigenvalue weighted by Gasteiger charge is -2.19. The second kappa shape index (κ2) is 3.99. The number of carboxylic acid groups (broad SMARTS) is 1. The monoisotopic (exact) mass is 275 g/mol. The van der Waals surface area contributed by atoms with Crippen LogP contribution in [-0.4, -0.2) is 21.8 Å². The summed E-state index contributed by atoms with van der Waals surface area (Å²) in [7, 11) is 0. The van der Waals surface area contributed by atoms with Crippen LogP contribution in [0.15, 0.2) is 48.5 Å². The van der Waals surface area contributed by atoms with Gasteiger partial charge in [-0.05, 0) is 23.3 Å². The Morgan fingerprint density at radius 2 is 1.62 bits per heavy atom. The van der Waals surface area contributed by atoms with E-state index in [4.69, 9.17) is 0 Å². The molecule has 0 unspecified atom stereocenters. The fraction of sp³-hybridized carbons (Fsp3) is 0. The fourth-order valence-electron chi connectivity index (χ4n) is 2.86. The van der Waals surface area contributed by atoms with Crippen molar-refractivity contribution in [3.63, 3.8) is 0 Å². The smallest absolute Gasteiger partial charge is 0.354 e. The minimum Gasteiger partial charge on any atom is -0.477 e. The number of fused-ring (bicyclic) bond motifs is 2. The highest BCUT2D eigenvalue weighted by Crippen LogP contribution is 2.38. The summed E-state index contributed by atoms with van der Waals surface area (Å²) in [6.45, 7) is 0. The van der Waals surface area contributed by atoms with Crippen LogP contribution < -0.4 is 0 Å². The van der Waals surface area contributed by atoms with Crippen LogP contribution in [0.5, 0.6) is 0 Å². The Morgan fingerprint density at radius 3 is 2.38 bits per heavy atom. The number of rotatable bonds is 1. The van der Waals surface area contributed by atoms with E-state index in [-0.39, 0.29) is 11.5 Å². The van der Waals surface area contributed by atoms with Gasteiger partial charge < -0.3 is 5.11 Å². The summed E-state index contributed by atoms with van der Waals surface area (Å²) < 4.78 is 0. The number of carbonyl (C=O) groups is 2. The molecular weight excluding hydrogens is 266 g/mol. The highest BCUT2D eigenvalue weighted by molar-refractivity contribution is 6.25. The molecule has 0 radical (unpaired) electrons. The van der Waals surface area contributed by atoms with Crippen molar-refractivity contribution in [2.24, 2.45) is 0 Å². The molecule has 4 nitrogen and oxygen atoms in total. The third-order valence-corrected chi connectivity index (χ3v) is 3.76. The van der Waals surface area contributed by atoms with Gasteiger partial charge in [-0.25, -0.2) is 9.78 Å². The Balaban J connectivity index is 2.23. The zero-order chi connectivity index (χ0) is 14.6. The Hall–Kier alpha value is -3.01. The summed E-state index contributed by atoms with van der Waals surface area (Å²) in [5, 5.41) is 9.95. The van der Waals surface area contributed by atoms with Gasteiger partial charge in [0.2, 0.25) is 0 Å². The molecule has 1 aliphatic carbocycles. The maximum Gasteiger partial charge on any atom is 0.354 e. The van der Waals surface area contributed by atoms with Gasteiger partial charge in [0.25, 0.3) is 0 Å². The molecule has 0 aliphatic heterocycles. The van der Waals surface area contributed by atoms with Crippen LogP contribution in [0.2, 0.25) is 0 Å². The average molecular weight is 275 g/mol. The molecule has 1 aliphatic rings. The molecule has 21 heavy (non-hydrogen) atoms. The quantitative estimate of drug-likeness (QED) is 0.579. The number of hydrogen-bond acceptors (Lipinski definition) is 3. The number of aromatic carboxylic acids is 1. The number of carboxylic acids is 1. The van der Waals surface area contributed by atoms with Crippen molar-refractivity contribution in [2.45, 2.75) is 0 Å². The standard InChI is InChI=1S/C17H9NO3/c19-16-10-5-2-1-4-9(10)12-8-14(17(20)21)18-13-7-3-6-11(16)15(12)13/h1-8H,(H,20,21). The van der Waals surface area contributed by atoms with Crippen LogP contribution in [0, 0.1) is 0 Å². The highest BCUT2D eigenvalue weighted by atomic mass is 16.4. The maximum absolute atomic E-state index is 12.6. The molecule has 0 fully saturated rings. The first kappa shape index (κ1) is 11.8. The lowest BCUT2D eigenvalue weighted by Crippen LogP contribution is -2.12. The first-order valence-corrected chi connectivity index (χ1v) is 6.48. The topological polar surface area (TPSA) is 67.3 Å². The number of aromatic nitrogens is 1. The third-order valence-electron chi connectivity index (χ3n) is 3.76. The predicted molar refractivity (Wildman–Crippen MR) is 77.6 cm³/mol. The minimum absolute atomic E-state index is 0.0150. The van der Waals surface area contributed by atoms with Gasteiger partial charge in [-0.3, -0.25) is 4.79 Å². The molecule has 0 saturated heterocycles. The molecular formula is C17H9NO3. The molecule has 100 valence electrons. The lowest BCUT2D eigenvalue weighted by molar-refractivity contribution is 0.0691. The zero-order valence-corrected chi connectivity index (χ0v) is 10.8. The van der Waals surface area contributed by atoms with Gasteiger partial charge >= 0.3 is 5.97 Å². The van der Waals surface area contributed by atoms with E-state index >= 15 is 0 Å². The predicted octanol–water partition coefficient (Wildman–Crippen LogP) is 3.14. The molecule has 0 spiro atoms. The van der Waals surface area contributed by atoms with Gasteiger partial charge in [-0.2, -0.15) is 0 Å². The van der Waals surface area contributed by atoms with Gasteiger partial charge in [-0.15, -0.1) is 0 Å². The third kappa shape index (κ3) is 1.53. The summed E-state index contributed by atoms with van der Waals surface area (Å²) in [6.07, 6.45) is 0. The van der Waals surface area contributed by atoms with E-state index in [0.717, 1.165) is 16.5 Å². The maximum atomic E-state index is 12.6. The second-order valence-electron chi connectivity index (χ2n) is 4.93. The molecule has 0 saturated carbocycles. The van der Waals surface area contributed by atoms with Gasteiger partial charge in [0.05, 0.1) is 5.52 Å². The second-order valence-corrected chi connectivity index (χ2v) is 4.93. The van der Waals surface area contributed by atoms with Crippen LogP contribution in [-0.2, 0) is 0 Å². The Morgan fingerprint density at radius 1 is 0.905 bits per heavy atom. The normalized spacial score (nSPS) is 12.3. The molecule has 4 rings (SSSR count). The molecule has 0 atom stereocenters. The number of hydrogen-bond donors (Lipinski definition) is 1. The van der Waals surface area contributed by atoms with Crippen molar-refractivity contribution >= 4 is 22.7 Å². The van der Waals surface area contributed by atoms with Crippen LogP contribution in [0.3, 0.4) is 0 Å². The van der Waals surface area contributed by atoms with E-state index in [0.29, 0.717) is 16.6 Å². The Bertz CT molecular complexity index is 944. The first-order valence-electron chi connectivity index (χ1n) is 6.48. The largest absolute Gasteiger partial charge is 0.477 e. The summed E-state index contributed by atoms with van der Waals surface area (Å²) in [5.41, 5.74) is 3.20. The van der Waals surface area contributed by atoms with Gasteiger partial charge in [0.15, 0.2) is 5.78 Å². The van der Waals surface area contributed by atoms with E-state index in [1.54, 1.807) is 36.4 Å². The summed E-state index contributed by atoms with van der Waals surface area (Å²) >= 11 is 0. The molecule has 1 aromatic heterocycles. The first-order chi connectivity index (χ1) is 10.2. The number of pyridine rings is 1. The van der Waals surface area contributed by atoms with Gasteiger partial charge in [0.1, 0.15) is 5.69 Å². The highest BCUT2D eigenvalue weighted by Gasteiger charge is 2.26. The van der Waals surface area contributed by atoms with Crippen molar-refractivity contribution < 1.29 is 14.7 Å². The number of nitrogens with zero attached hydrogens (tertiary/aromatic N) is 1. The van der Waals surface area contributed by atoms with E-state index < -0.39 is 5.97 Å². The SMILES string of the molecule is O=C(O)c1cc2c3c(cccc3n1)C(=O)c1ccccc1-2. The Labute approximate surface area is 119 Å². The van der Waals surface area contributed by atoms with Crippen molar-refractivity contribution in [1.29, 1.82) is 0 Å². The van der Waals surface area contributed by atoms with Crippen LogP contribution in [0.1, 0.15) is 26.4 Å². The van der Waals surface area contributed by atoms with E-state index in [1.807, 2.05) is 12.1 Å². The van der Waals surface area contributed by atoms with Crippen molar-refractivity contribution in [3.8, 4) is 11.1 Å². The number of benzene rings is 2. The van der Waals surface area contributed by atoms with Crippen molar-refractivity contribution in [3.05, 3.63) is 65.4 Å². The van der Waals surface area contributed by atoms with E-state index in [1.165, 1.54) is 0 Å². The molecule has 4 heteroatoms. The van der Waals surface area contributed by atoms with Crippen LogP contribution >= 0.6 is 0 Å². The summed E-state index contributed by atoms with van der Waals surface area (Å²) in [4.78, 5) is 28.0. The molecule has 2 aromatic carbocycles. The molecule has 1 N–H and O–H groups in total. The molecule has 0 bridgehead atoms. The van der Waals surface area contributed by atoms with Crippen molar-refractivity contribution in [2.75, 3.05) is 0 Å². The van der Waals surface area contributed by atoms with Gasteiger partial charge in [-0.1, -0.05) is 36.4 Å². The Kier molecular flexibility index (Phi) is 2.24. The van der Waals surface area contributed by atoms with Crippen molar-refractivity contribution in [1.82, 2.24) is 4.98 Å². The average Bonchev–Trinajstić information content (AvgIpc) is 2.51. The van der Waals surface area contributed by atoms with Gasteiger partial charge in [0, 0.05) is 16.5 Å². The number of carbonyl (C=O) groups excluding carboxylic acids is 1. The van der Waals surface area contributed by atoms with E-state index in [2.05, 4.69) is 4.98 Å². The molecule has 1 heterocycles. The fourth-order valence-corrected chi connectivity index (χ4v) is 2.86. The van der Waals surface area contributed by atoms with E-state index in [9.17, 15) is 14.7 Å². The van der Waals surface area contributed by atoms with Crippen LogP contribution in [0.25, 0.3) is 22.0 Å². The minimum atomic E-state index is -1.08. The number of ketones is 1. The molecule has 3 aromatic rings. The zero-order valence-electron chi connectivity index (χ0n) is 10.8. The summed E-state index contributed by atoms with van der Waals surface area (Å²) in [6, 6.07) is 14.0. The van der Waals surface area contributed by atoms with Crippen LogP contribution in [0.4, 0.5) is 0 Å². The summed E-state index contributed by atoms with van der Waals surface area (Å²) in [5.74, 6) is -1.12.